The molecule has 1 fully saturated rings. The minimum absolute atomic E-state index is 0.255. The Hall–Kier alpha value is -3.69. The zero-order valence-electron chi connectivity index (χ0n) is 20.1. The van der Waals surface area contributed by atoms with Crippen molar-refractivity contribution in [2.24, 2.45) is 0 Å². The van der Waals surface area contributed by atoms with Crippen LogP contribution < -0.4 is 10.2 Å². The molecule has 1 N–H and O–H groups in total. The van der Waals surface area contributed by atoms with Gasteiger partial charge in [-0.1, -0.05) is 48.2 Å². The van der Waals surface area contributed by atoms with Crippen molar-refractivity contribution in [1.29, 1.82) is 0 Å². The summed E-state index contributed by atoms with van der Waals surface area (Å²) in [6.45, 7) is 4.27. The van der Waals surface area contributed by atoms with Crippen LogP contribution in [0.25, 0.3) is 11.3 Å². The maximum absolute atomic E-state index is 12.5. The number of rotatable bonds is 8. The lowest BCUT2D eigenvalue weighted by atomic mass is 10.1. The summed E-state index contributed by atoms with van der Waals surface area (Å²) >= 11 is 1.50. The van der Waals surface area contributed by atoms with Gasteiger partial charge in [-0.25, -0.2) is 9.97 Å². The molecule has 0 spiro atoms. The van der Waals surface area contributed by atoms with Gasteiger partial charge in [0.05, 0.1) is 11.4 Å². The molecule has 0 radical (unpaired) electrons. The molecule has 4 aromatic rings. The summed E-state index contributed by atoms with van der Waals surface area (Å²) in [5, 5.41) is 3.55. The van der Waals surface area contributed by atoms with E-state index in [9.17, 15) is 4.79 Å². The van der Waals surface area contributed by atoms with Crippen molar-refractivity contribution < 1.29 is 9.21 Å². The van der Waals surface area contributed by atoms with Crippen molar-refractivity contribution in [2.75, 3.05) is 38.1 Å². The normalized spacial score (nSPS) is 14.1. The number of anilines is 1. The lowest BCUT2D eigenvalue weighted by molar-refractivity contribution is 0.0921. The van der Waals surface area contributed by atoms with Crippen LogP contribution in [0.1, 0.15) is 21.9 Å². The van der Waals surface area contributed by atoms with Crippen LogP contribution in [0.4, 0.5) is 5.82 Å². The Morgan fingerprint density at radius 1 is 1.03 bits per heavy atom. The van der Waals surface area contributed by atoms with Gasteiger partial charge in [0, 0.05) is 56.7 Å². The van der Waals surface area contributed by atoms with Crippen molar-refractivity contribution in [3.63, 3.8) is 0 Å². The van der Waals surface area contributed by atoms with Crippen LogP contribution in [-0.2, 0) is 12.3 Å². The summed E-state index contributed by atoms with van der Waals surface area (Å²) in [4.78, 5) is 30.9. The topological polar surface area (TPSA) is 87.4 Å². The maximum atomic E-state index is 12.5. The summed E-state index contributed by atoms with van der Waals surface area (Å²) < 4.78 is 5.81. The second-order valence-electron chi connectivity index (χ2n) is 8.65. The van der Waals surface area contributed by atoms with E-state index >= 15 is 0 Å². The molecule has 0 saturated carbocycles. The van der Waals surface area contributed by atoms with Crippen molar-refractivity contribution >= 4 is 23.5 Å². The number of carbonyl (C=O) groups is 1. The molecule has 0 bridgehead atoms. The minimum atomic E-state index is -0.255. The first kappa shape index (κ1) is 24.0. The highest BCUT2D eigenvalue weighted by molar-refractivity contribution is 7.98. The quantitative estimate of drug-likeness (QED) is 0.286. The number of piperazine rings is 1. The summed E-state index contributed by atoms with van der Waals surface area (Å²) in [6.07, 6.45) is 3.43. The SMILES string of the molecule is CN1CCN(c2cc(-c3ccccc3)nc(SCc3ccc(C(=O)NCc4cccnc4)o3)n2)CC1. The Balaban J connectivity index is 1.27. The molecule has 0 aliphatic carbocycles. The van der Waals surface area contributed by atoms with Gasteiger partial charge in [0.2, 0.25) is 0 Å². The molecule has 5 rings (SSSR count). The van der Waals surface area contributed by atoms with Crippen molar-refractivity contribution in [3.8, 4) is 11.3 Å². The second kappa shape index (κ2) is 11.4. The minimum Gasteiger partial charge on any atom is -0.455 e. The molecule has 3 aromatic heterocycles. The van der Waals surface area contributed by atoms with E-state index in [1.54, 1.807) is 18.5 Å². The molecule has 36 heavy (non-hydrogen) atoms. The Kier molecular flexibility index (Phi) is 7.58. The molecule has 9 heteroatoms. The van der Waals surface area contributed by atoms with Gasteiger partial charge in [-0.05, 0) is 30.8 Å². The van der Waals surface area contributed by atoms with E-state index < -0.39 is 0 Å². The highest BCUT2D eigenvalue weighted by Gasteiger charge is 2.18. The number of likely N-dealkylation sites (N-methyl/N-ethyl adjacent to an activating group) is 1. The Morgan fingerprint density at radius 3 is 2.64 bits per heavy atom. The molecule has 1 aliphatic heterocycles. The first-order chi connectivity index (χ1) is 17.6. The lowest BCUT2D eigenvalue weighted by Crippen LogP contribution is -2.44. The number of furan rings is 1. The zero-order valence-corrected chi connectivity index (χ0v) is 20.9. The fourth-order valence-electron chi connectivity index (χ4n) is 3.92. The first-order valence-electron chi connectivity index (χ1n) is 11.9. The smallest absolute Gasteiger partial charge is 0.287 e. The van der Waals surface area contributed by atoms with Crippen LogP contribution in [0, 0.1) is 0 Å². The number of nitrogens with zero attached hydrogens (tertiary/aromatic N) is 5. The molecule has 1 aliphatic rings. The van der Waals surface area contributed by atoms with Gasteiger partial charge in [0.15, 0.2) is 10.9 Å². The van der Waals surface area contributed by atoms with E-state index in [0.29, 0.717) is 23.2 Å². The van der Waals surface area contributed by atoms with E-state index in [2.05, 4.69) is 45.3 Å². The first-order valence-corrected chi connectivity index (χ1v) is 12.9. The van der Waals surface area contributed by atoms with Gasteiger partial charge < -0.3 is 19.5 Å². The molecule has 184 valence electrons. The summed E-state index contributed by atoms with van der Waals surface area (Å²) in [5.41, 5.74) is 2.89. The fraction of sp³-hybridized carbons (Fsp3) is 0.259. The summed E-state index contributed by atoms with van der Waals surface area (Å²) in [5.74, 6) is 2.19. The van der Waals surface area contributed by atoms with E-state index in [4.69, 9.17) is 14.4 Å². The monoisotopic (exact) mass is 500 g/mol. The summed E-state index contributed by atoms with van der Waals surface area (Å²) in [7, 11) is 2.14. The number of carbonyl (C=O) groups excluding carboxylic acids is 1. The predicted molar refractivity (Wildman–Crippen MR) is 141 cm³/mol. The van der Waals surface area contributed by atoms with Crippen molar-refractivity contribution in [1.82, 2.24) is 25.2 Å². The number of aromatic nitrogens is 3. The van der Waals surface area contributed by atoms with E-state index in [0.717, 1.165) is 48.8 Å². The fourth-order valence-corrected chi connectivity index (χ4v) is 4.66. The number of thioether (sulfide) groups is 1. The van der Waals surface area contributed by atoms with E-state index in [1.807, 2.05) is 36.4 Å². The molecule has 0 unspecified atom stereocenters. The van der Waals surface area contributed by atoms with Crippen LogP contribution in [-0.4, -0.2) is 59.0 Å². The van der Waals surface area contributed by atoms with Gasteiger partial charge in [-0.2, -0.15) is 0 Å². The van der Waals surface area contributed by atoms with E-state index in [-0.39, 0.29) is 11.7 Å². The lowest BCUT2D eigenvalue weighted by Gasteiger charge is -2.33. The molecule has 8 nitrogen and oxygen atoms in total. The van der Waals surface area contributed by atoms with Crippen LogP contribution in [0.3, 0.4) is 0 Å². The molecule has 1 aromatic carbocycles. The Labute approximate surface area is 214 Å². The third-order valence-corrected chi connectivity index (χ3v) is 6.86. The second-order valence-corrected chi connectivity index (χ2v) is 9.59. The van der Waals surface area contributed by atoms with Gasteiger partial charge in [-0.3, -0.25) is 9.78 Å². The summed E-state index contributed by atoms with van der Waals surface area (Å²) in [6, 6.07) is 19.5. The highest BCUT2D eigenvalue weighted by Crippen LogP contribution is 2.28. The van der Waals surface area contributed by atoms with Crippen LogP contribution >= 0.6 is 11.8 Å². The molecule has 0 atom stereocenters. The van der Waals surface area contributed by atoms with Crippen molar-refractivity contribution in [3.05, 3.63) is 90.1 Å². The number of nitrogens with one attached hydrogen (secondary N) is 1. The molecule has 4 heterocycles. The largest absolute Gasteiger partial charge is 0.455 e. The van der Waals surface area contributed by atoms with Crippen molar-refractivity contribution in [2.45, 2.75) is 17.5 Å². The van der Waals surface area contributed by atoms with Gasteiger partial charge in [0.1, 0.15) is 11.6 Å². The zero-order chi connectivity index (χ0) is 24.7. The number of hydrogen-bond donors (Lipinski definition) is 1. The van der Waals surface area contributed by atoms with Crippen LogP contribution in [0.5, 0.6) is 0 Å². The van der Waals surface area contributed by atoms with Gasteiger partial charge in [-0.15, -0.1) is 0 Å². The number of hydrogen-bond acceptors (Lipinski definition) is 8. The van der Waals surface area contributed by atoms with Crippen LogP contribution in [0.2, 0.25) is 0 Å². The molecular formula is C27H28N6O2S. The van der Waals surface area contributed by atoms with Gasteiger partial charge in [0.25, 0.3) is 5.91 Å². The third-order valence-electron chi connectivity index (χ3n) is 5.99. The Bertz CT molecular complexity index is 1290. The molecule has 1 amide bonds. The van der Waals surface area contributed by atoms with Gasteiger partial charge >= 0.3 is 0 Å². The van der Waals surface area contributed by atoms with Crippen LogP contribution in [0.15, 0.2) is 82.6 Å². The number of benzene rings is 1. The van der Waals surface area contributed by atoms with E-state index in [1.165, 1.54) is 11.8 Å². The Morgan fingerprint density at radius 2 is 1.86 bits per heavy atom. The molecule has 1 saturated heterocycles. The maximum Gasteiger partial charge on any atom is 0.287 e. The number of pyridine rings is 1. The standard InChI is InChI=1S/C27H28N6O2S/c1-32-12-14-33(15-13-32)25-16-23(21-7-3-2-4-8-21)30-27(31-25)36-19-22-9-10-24(35-22)26(34)29-18-20-6-5-11-28-17-20/h2-11,16-17H,12-15,18-19H2,1H3,(H,29,34). The average molecular weight is 501 g/mol. The predicted octanol–water partition coefficient (Wildman–Crippen LogP) is 4.11. The highest BCUT2D eigenvalue weighted by atomic mass is 32.2. The third kappa shape index (κ3) is 6.10. The number of amides is 1. The average Bonchev–Trinajstić information content (AvgIpc) is 3.41. The molecular weight excluding hydrogens is 472 g/mol.